The molecule has 0 radical (unpaired) electrons. The van der Waals surface area contributed by atoms with Gasteiger partial charge in [-0.1, -0.05) is 19.9 Å². The first-order chi connectivity index (χ1) is 9.65. The van der Waals surface area contributed by atoms with E-state index < -0.39 is 0 Å². The van der Waals surface area contributed by atoms with Gasteiger partial charge in [-0.25, -0.2) is 0 Å². The molecule has 1 N–H and O–H groups in total. The number of carbonyl (C=O) groups excluding carboxylic acids is 1. The van der Waals surface area contributed by atoms with Crippen LogP contribution in [0, 0.1) is 3.57 Å². The van der Waals surface area contributed by atoms with Gasteiger partial charge in [-0.3, -0.25) is 4.79 Å². The van der Waals surface area contributed by atoms with Crippen LogP contribution in [0.15, 0.2) is 24.3 Å². The lowest BCUT2D eigenvalue weighted by Gasteiger charge is -2.17. The standard InChI is InChI=1S/C15H19IN2OS.ClH/c1-3-18(4-2)9-8-17-15(19)14-10-11-12(16)6-5-7-13(11)20-14;/h5-7,10H,3-4,8-9H2,1-2H3,(H,17,19);1H. The molecular formula is C15H20ClIN2OS. The summed E-state index contributed by atoms with van der Waals surface area (Å²) in [7, 11) is 0. The molecule has 21 heavy (non-hydrogen) atoms. The maximum absolute atomic E-state index is 12.2. The van der Waals surface area contributed by atoms with Gasteiger partial charge in [0, 0.05) is 26.7 Å². The molecule has 0 spiro atoms. The predicted molar refractivity (Wildman–Crippen MR) is 102 cm³/mol. The van der Waals surface area contributed by atoms with E-state index in [1.807, 2.05) is 12.1 Å². The van der Waals surface area contributed by atoms with Gasteiger partial charge >= 0.3 is 0 Å². The number of amides is 1. The van der Waals surface area contributed by atoms with E-state index >= 15 is 0 Å². The average Bonchev–Trinajstić information content (AvgIpc) is 2.89. The first-order valence-corrected chi connectivity index (χ1v) is 8.73. The summed E-state index contributed by atoms with van der Waals surface area (Å²) in [5.41, 5.74) is 0. The molecule has 2 rings (SSSR count). The number of rotatable bonds is 6. The Morgan fingerprint density at radius 1 is 1.33 bits per heavy atom. The first-order valence-electron chi connectivity index (χ1n) is 6.84. The lowest BCUT2D eigenvalue weighted by molar-refractivity contribution is 0.0953. The molecule has 0 atom stereocenters. The fourth-order valence-electron chi connectivity index (χ4n) is 2.09. The summed E-state index contributed by atoms with van der Waals surface area (Å²) < 4.78 is 2.37. The number of nitrogens with zero attached hydrogens (tertiary/aromatic N) is 1. The molecule has 116 valence electrons. The van der Waals surface area contributed by atoms with Crippen molar-refractivity contribution in [3.8, 4) is 0 Å². The van der Waals surface area contributed by atoms with Crippen LogP contribution in [0.2, 0.25) is 0 Å². The van der Waals surface area contributed by atoms with E-state index in [2.05, 4.69) is 58.8 Å². The van der Waals surface area contributed by atoms with Gasteiger partial charge < -0.3 is 10.2 Å². The molecule has 3 nitrogen and oxygen atoms in total. The SMILES string of the molecule is CCN(CC)CCNC(=O)c1cc2c(I)cccc2s1.Cl. The van der Waals surface area contributed by atoms with Gasteiger partial charge in [-0.2, -0.15) is 0 Å². The van der Waals surface area contributed by atoms with Crippen LogP contribution < -0.4 is 5.32 Å². The van der Waals surface area contributed by atoms with Crippen LogP contribution in [-0.2, 0) is 0 Å². The Bertz CT molecular complexity index is 598. The highest BCUT2D eigenvalue weighted by Gasteiger charge is 2.11. The van der Waals surface area contributed by atoms with Crippen molar-refractivity contribution in [2.75, 3.05) is 26.2 Å². The molecule has 0 aliphatic heterocycles. The van der Waals surface area contributed by atoms with Gasteiger partial charge in [-0.15, -0.1) is 23.7 Å². The number of halogens is 2. The number of benzene rings is 1. The van der Waals surface area contributed by atoms with Crippen molar-refractivity contribution in [2.45, 2.75) is 13.8 Å². The lowest BCUT2D eigenvalue weighted by atomic mass is 10.2. The molecule has 0 fully saturated rings. The summed E-state index contributed by atoms with van der Waals surface area (Å²) in [4.78, 5) is 15.3. The van der Waals surface area contributed by atoms with E-state index in [0.29, 0.717) is 6.54 Å². The maximum atomic E-state index is 12.2. The van der Waals surface area contributed by atoms with Gasteiger partial charge in [-0.05, 0) is 53.9 Å². The summed E-state index contributed by atoms with van der Waals surface area (Å²) in [6, 6.07) is 8.16. The molecule has 0 aliphatic carbocycles. The zero-order valence-electron chi connectivity index (χ0n) is 12.2. The molecule has 0 aliphatic rings. The first kappa shape index (κ1) is 18.7. The van der Waals surface area contributed by atoms with E-state index in [4.69, 9.17) is 0 Å². The Kier molecular flexibility index (Phi) is 7.94. The Labute approximate surface area is 149 Å². The highest BCUT2D eigenvalue weighted by molar-refractivity contribution is 14.1. The largest absolute Gasteiger partial charge is 0.350 e. The molecule has 1 heterocycles. The van der Waals surface area contributed by atoms with Crippen LogP contribution in [0.5, 0.6) is 0 Å². The van der Waals surface area contributed by atoms with Crippen LogP contribution in [0.25, 0.3) is 10.1 Å². The third-order valence-corrected chi connectivity index (χ3v) is 5.38. The van der Waals surface area contributed by atoms with Crippen LogP contribution >= 0.6 is 46.3 Å². The van der Waals surface area contributed by atoms with Gasteiger partial charge in [0.1, 0.15) is 0 Å². The minimum Gasteiger partial charge on any atom is -0.350 e. The fraction of sp³-hybridized carbons (Fsp3) is 0.400. The quantitative estimate of drug-likeness (QED) is 0.692. The number of hydrogen-bond acceptors (Lipinski definition) is 3. The van der Waals surface area contributed by atoms with E-state index in [0.717, 1.165) is 24.5 Å². The predicted octanol–water partition coefficient (Wildman–Crippen LogP) is 4.00. The topological polar surface area (TPSA) is 32.3 Å². The third kappa shape index (κ3) is 4.81. The normalized spacial score (nSPS) is 10.7. The molecule has 6 heteroatoms. The Morgan fingerprint density at radius 2 is 2.05 bits per heavy atom. The van der Waals surface area contributed by atoms with Gasteiger partial charge in [0.25, 0.3) is 5.91 Å². The summed E-state index contributed by atoms with van der Waals surface area (Å²) in [6.45, 7) is 7.92. The smallest absolute Gasteiger partial charge is 0.261 e. The van der Waals surface area contributed by atoms with Crippen LogP contribution in [0.4, 0.5) is 0 Å². The molecule has 2 aromatic rings. The van der Waals surface area contributed by atoms with Crippen molar-refractivity contribution in [3.05, 3.63) is 32.7 Å². The minimum atomic E-state index is 0. The number of likely N-dealkylation sites (N-methyl/N-ethyl adjacent to an activating group) is 1. The van der Waals surface area contributed by atoms with Crippen molar-refractivity contribution in [3.63, 3.8) is 0 Å². The maximum Gasteiger partial charge on any atom is 0.261 e. The monoisotopic (exact) mass is 438 g/mol. The molecule has 0 saturated carbocycles. The van der Waals surface area contributed by atoms with Crippen LogP contribution in [-0.4, -0.2) is 37.0 Å². The number of hydrogen-bond donors (Lipinski definition) is 1. The number of carbonyl (C=O) groups is 1. The molecule has 1 aromatic carbocycles. The second-order valence-electron chi connectivity index (χ2n) is 4.55. The van der Waals surface area contributed by atoms with E-state index in [1.165, 1.54) is 13.7 Å². The van der Waals surface area contributed by atoms with Gasteiger partial charge in [0.05, 0.1) is 4.88 Å². The van der Waals surface area contributed by atoms with Crippen molar-refractivity contribution < 1.29 is 4.79 Å². The molecule has 0 unspecified atom stereocenters. The third-order valence-electron chi connectivity index (χ3n) is 3.34. The number of nitrogens with one attached hydrogen (secondary N) is 1. The van der Waals surface area contributed by atoms with E-state index in [9.17, 15) is 4.79 Å². The Morgan fingerprint density at radius 3 is 2.67 bits per heavy atom. The number of thiophene rings is 1. The van der Waals surface area contributed by atoms with Crippen LogP contribution in [0.1, 0.15) is 23.5 Å². The van der Waals surface area contributed by atoms with Crippen molar-refractivity contribution in [1.29, 1.82) is 0 Å². The number of fused-ring (bicyclic) bond motifs is 1. The summed E-state index contributed by atoms with van der Waals surface area (Å²) >= 11 is 3.87. The summed E-state index contributed by atoms with van der Waals surface area (Å²) in [5.74, 6) is 0.0363. The molecular weight excluding hydrogens is 419 g/mol. The van der Waals surface area contributed by atoms with Crippen molar-refractivity contribution in [1.82, 2.24) is 10.2 Å². The van der Waals surface area contributed by atoms with Gasteiger partial charge in [0.2, 0.25) is 0 Å². The fourth-order valence-corrected chi connectivity index (χ4v) is 3.93. The lowest BCUT2D eigenvalue weighted by Crippen LogP contribution is -2.34. The van der Waals surface area contributed by atoms with E-state index in [1.54, 1.807) is 11.3 Å². The highest BCUT2D eigenvalue weighted by Crippen LogP contribution is 2.29. The Balaban J connectivity index is 0.00000220. The second-order valence-corrected chi connectivity index (χ2v) is 6.79. The summed E-state index contributed by atoms with van der Waals surface area (Å²) in [5, 5.41) is 4.18. The van der Waals surface area contributed by atoms with Gasteiger partial charge in [0.15, 0.2) is 0 Å². The average molecular weight is 439 g/mol. The molecule has 1 aromatic heterocycles. The molecule has 1 amide bonds. The second kappa shape index (κ2) is 8.92. The van der Waals surface area contributed by atoms with E-state index in [-0.39, 0.29) is 18.3 Å². The van der Waals surface area contributed by atoms with Crippen molar-refractivity contribution >= 4 is 62.3 Å². The summed E-state index contributed by atoms with van der Waals surface area (Å²) in [6.07, 6.45) is 0. The molecule has 0 saturated heterocycles. The van der Waals surface area contributed by atoms with Crippen molar-refractivity contribution in [2.24, 2.45) is 0 Å². The van der Waals surface area contributed by atoms with Crippen LogP contribution in [0.3, 0.4) is 0 Å². The molecule has 0 bridgehead atoms. The zero-order valence-corrected chi connectivity index (χ0v) is 16.0. The minimum absolute atomic E-state index is 0. The zero-order chi connectivity index (χ0) is 14.5. The Hall–Kier alpha value is -0.370. The highest BCUT2D eigenvalue weighted by atomic mass is 127.